The molecule has 122 valence electrons. The van der Waals surface area contributed by atoms with E-state index in [0.717, 1.165) is 0 Å². The number of amides is 1. The highest BCUT2D eigenvalue weighted by atomic mass is 35.5. The molecule has 0 aliphatic heterocycles. The molecule has 1 atom stereocenters. The van der Waals surface area contributed by atoms with Gasteiger partial charge in [-0.05, 0) is 37.6 Å². The first kappa shape index (κ1) is 16.8. The normalized spacial score (nSPS) is 11.4. The first-order chi connectivity index (χ1) is 11.1. The zero-order chi connectivity index (χ0) is 16.7. The van der Waals surface area contributed by atoms with Crippen molar-refractivity contribution in [3.63, 3.8) is 0 Å². The number of carbonyl (C=O) groups is 1. The SMILES string of the molecule is CCNc1nc(Cl)nc(NNC(=O)[C@@H](C)Oc2ccccc2)n1. The van der Waals surface area contributed by atoms with Crippen LogP contribution in [0.4, 0.5) is 11.9 Å². The quantitative estimate of drug-likeness (QED) is 0.663. The molecule has 0 saturated carbocycles. The Kier molecular flexibility index (Phi) is 5.93. The van der Waals surface area contributed by atoms with Crippen molar-refractivity contribution < 1.29 is 9.53 Å². The van der Waals surface area contributed by atoms with Crippen LogP contribution in [0.25, 0.3) is 0 Å². The summed E-state index contributed by atoms with van der Waals surface area (Å²) in [6.07, 6.45) is -0.699. The maximum atomic E-state index is 12.0. The third kappa shape index (κ3) is 5.26. The standard InChI is InChI=1S/C14H17ClN6O2/c1-3-16-13-17-12(15)18-14(19-13)21-20-11(22)9(2)23-10-7-5-4-6-8-10/h4-9H,3H2,1-2H3,(H,20,22)(H2,16,17,18,19,21)/t9-/m1/s1. The average Bonchev–Trinajstić information content (AvgIpc) is 2.53. The summed E-state index contributed by atoms with van der Waals surface area (Å²) in [6, 6.07) is 9.06. The third-order valence-electron chi connectivity index (χ3n) is 2.67. The highest BCUT2D eigenvalue weighted by Gasteiger charge is 2.15. The predicted octanol–water partition coefficient (Wildman–Crippen LogP) is 1.87. The molecule has 2 rings (SSSR count). The van der Waals surface area contributed by atoms with Crippen LogP contribution in [0.1, 0.15) is 13.8 Å². The Hall–Kier alpha value is -2.61. The molecule has 0 aliphatic carbocycles. The van der Waals surface area contributed by atoms with Crippen LogP contribution in [0.15, 0.2) is 30.3 Å². The number of carbonyl (C=O) groups excluding carboxylic acids is 1. The molecule has 0 aliphatic rings. The second-order valence-corrected chi connectivity index (χ2v) is 4.81. The van der Waals surface area contributed by atoms with Gasteiger partial charge in [0, 0.05) is 6.54 Å². The fourth-order valence-corrected chi connectivity index (χ4v) is 1.78. The zero-order valence-corrected chi connectivity index (χ0v) is 13.5. The number of halogens is 1. The molecule has 1 aromatic carbocycles. The van der Waals surface area contributed by atoms with Crippen molar-refractivity contribution in [1.29, 1.82) is 0 Å². The molecule has 1 heterocycles. The Morgan fingerprint density at radius 2 is 1.91 bits per heavy atom. The van der Waals surface area contributed by atoms with E-state index in [1.807, 2.05) is 25.1 Å². The number of nitrogens with one attached hydrogen (secondary N) is 3. The van der Waals surface area contributed by atoms with E-state index in [1.165, 1.54) is 0 Å². The number of para-hydroxylation sites is 1. The lowest BCUT2D eigenvalue weighted by molar-refractivity contribution is -0.126. The van der Waals surface area contributed by atoms with Crippen LogP contribution in [0.3, 0.4) is 0 Å². The first-order valence-electron chi connectivity index (χ1n) is 7.01. The molecular weight excluding hydrogens is 320 g/mol. The van der Waals surface area contributed by atoms with E-state index >= 15 is 0 Å². The van der Waals surface area contributed by atoms with Gasteiger partial charge >= 0.3 is 0 Å². The minimum absolute atomic E-state index is 0.0151. The number of benzene rings is 1. The Morgan fingerprint density at radius 3 is 2.61 bits per heavy atom. The molecular formula is C14H17ClN6O2. The minimum Gasteiger partial charge on any atom is -0.481 e. The van der Waals surface area contributed by atoms with E-state index in [0.29, 0.717) is 18.2 Å². The van der Waals surface area contributed by atoms with Crippen molar-refractivity contribution >= 4 is 29.4 Å². The molecule has 0 bridgehead atoms. The summed E-state index contributed by atoms with van der Waals surface area (Å²) in [5.74, 6) is 0.669. The van der Waals surface area contributed by atoms with Crippen LogP contribution >= 0.6 is 11.6 Å². The van der Waals surface area contributed by atoms with Crippen molar-refractivity contribution in [2.24, 2.45) is 0 Å². The van der Waals surface area contributed by atoms with Gasteiger partial charge in [0.2, 0.25) is 17.2 Å². The Labute approximate surface area is 138 Å². The highest BCUT2D eigenvalue weighted by Crippen LogP contribution is 2.11. The molecule has 0 unspecified atom stereocenters. The maximum absolute atomic E-state index is 12.0. The van der Waals surface area contributed by atoms with E-state index < -0.39 is 6.10 Å². The largest absolute Gasteiger partial charge is 0.481 e. The lowest BCUT2D eigenvalue weighted by atomic mass is 10.3. The van der Waals surface area contributed by atoms with Gasteiger partial charge in [0.15, 0.2) is 6.10 Å². The van der Waals surface area contributed by atoms with Gasteiger partial charge in [-0.1, -0.05) is 18.2 Å². The number of aromatic nitrogens is 3. The molecule has 2 aromatic rings. The van der Waals surface area contributed by atoms with E-state index in [4.69, 9.17) is 16.3 Å². The molecule has 8 nitrogen and oxygen atoms in total. The van der Waals surface area contributed by atoms with E-state index in [9.17, 15) is 4.79 Å². The fraction of sp³-hybridized carbons (Fsp3) is 0.286. The predicted molar refractivity (Wildman–Crippen MR) is 87.3 cm³/mol. The Balaban J connectivity index is 1.91. The van der Waals surface area contributed by atoms with Gasteiger partial charge in [-0.15, -0.1) is 0 Å². The number of hydrazine groups is 1. The van der Waals surface area contributed by atoms with Crippen molar-refractivity contribution in [3.8, 4) is 5.75 Å². The van der Waals surface area contributed by atoms with Crippen molar-refractivity contribution in [3.05, 3.63) is 35.6 Å². The molecule has 0 spiro atoms. The van der Waals surface area contributed by atoms with Crippen molar-refractivity contribution in [2.45, 2.75) is 20.0 Å². The van der Waals surface area contributed by atoms with Gasteiger partial charge in [0.05, 0.1) is 0 Å². The first-order valence-corrected chi connectivity index (χ1v) is 7.39. The van der Waals surface area contributed by atoms with Crippen LogP contribution < -0.4 is 20.9 Å². The maximum Gasteiger partial charge on any atom is 0.279 e. The van der Waals surface area contributed by atoms with Crippen molar-refractivity contribution in [2.75, 3.05) is 17.3 Å². The van der Waals surface area contributed by atoms with E-state index in [-0.39, 0.29) is 17.1 Å². The molecule has 1 amide bonds. The van der Waals surface area contributed by atoms with Gasteiger partial charge in [-0.25, -0.2) is 0 Å². The van der Waals surface area contributed by atoms with Gasteiger partial charge in [0.1, 0.15) is 5.75 Å². The van der Waals surface area contributed by atoms with Crippen LogP contribution in [-0.2, 0) is 4.79 Å². The molecule has 0 radical (unpaired) electrons. The average molecular weight is 337 g/mol. The summed E-state index contributed by atoms with van der Waals surface area (Å²) in [4.78, 5) is 23.8. The molecule has 0 fully saturated rings. The monoisotopic (exact) mass is 336 g/mol. The highest BCUT2D eigenvalue weighted by molar-refractivity contribution is 6.28. The summed E-state index contributed by atoms with van der Waals surface area (Å²) in [7, 11) is 0. The number of ether oxygens (including phenoxy) is 1. The number of hydrogen-bond acceptors (Lipinski definition) is 7. The second-order valence-electron chi connectivity index (χ2n) is 4.47. The number of nitrogens with zero attached hydrogens (tertiary/aromatic N) is 3. The Morgan fingerprint density at radius 1 is 1.22 bits per heavy atom. The van der Waals surface area contributed by atoms with Crippen LogP contribution in [0.5, 0.6) is 5.75 Å². The smallest absolute Gasteiger partial charge is 0.279 e. The van der Waals surface area contributed by atoms with Crippen molar-refractivity contribution in [1.82, 2.24) is 20.4 Å². The summed E-state index contributed by atoms with van der Waals surface area (Å²) < 4.78 is 5.51. The van der Waals surface area contributed by atoms with Crippen LogP contribution in [0.2, 0.25) is 5.28 Å². The molecule has 9 heteroatoms. The van der Waals surface area contributed by atoms with E-state index in [2.05, 4.69) is 31.1 Å². The fourth-order valence-electron chi connectivity index (χ4n) is 1.62. The zero-order valence-electron chi connectivity index (χ0n) is 12.7. The molecule has 0 saturated heterocycles. The summed E-state index contributed by atoms with van der Waals surface area (Å²) in [6.45, 7) is 4.16. The summed E-state index contributed by atoms with van der Waals surface area (Å²) in [5, 5.41) is 2.92. The van der Waals surface area contributed by atoms with Crippen LogP contribution in [0, 0.1) is 0 Å². The number of hydrogen-bond donors (Lipinski definition) is 3. The Bertz CT molecular complexity index is 655. The molecule has 23 heavy (non-hydrogen) atoms. The lowest BCUT2D eigenvalue weighted by Crippen LogP contribution is -2.40. The van der Waals surface area contributed by atoms with Gasteiger partial charge in [0.25, 0.3) is 5.91 Å². The number of rotatable bonds is 7. The molecule has 1 aromatic heterocycles. The summed E-state index contributed by atoms with van der Waals surface area (Å²) in [5.41, 5.74) is 5.05. The summed E-state index contributed by atoms with van der Waals surface area (Å²) >= 11 is 5.79. The van der Waals surface area contributed by atoms with Crippen LogP contribution in [-0.4, -0.2) is 33.5 Å². The minimum atomic E-state index is -0.699. The van der Waals surface area contributed by atoms with E-state index in [1.54, 1.807) is 19.1 Å². The number of anilines is 2. The van der Waals surface area contributed by atoms with Gasteiger partial charge in [-0.3, -0.25) is 15.6 Å². The van der Waals surface area contributed by atoms with Gasteiger partial charge in [-0.2, -0.15) is 15.0 Å². The second kappa shape index (κ2) is 8.14. The lowest BCUT2D eigenvalue weighted by Gasteiger charge is -2.15. The van der Waals surface area contributed by atoms with Gasteiger partial charge < -0.3 is 10.1 Å². The molecule has 3 N–H and O–H groups in total. The third-order valence-corrected chi connectivity index (χ3v) is 2.83. The topological polar surface area (TPSA) is 101 Å².